The van der Waals surface area contributed by atoms with Gasteiger partial charge in [-0.3, -0.25) is 9.79 Å². The van der Waals surface area contributed by atoms with Gasteiger partial charge >= 0.3 is 5.97 Å². The highest BCUT2D eigenvalue weighted by atomic mass is 16.4. The van der Waals surface area contributed by atoms with Gasteiger partial charge in [-0.2, -0.15) is 0 Å². The van der Waals surface area contributed by atoms with E-state index in [9.17, 15) is 14.7 Å². The smallest absolute Gasteiger partial charge is 0.326 e. The molecule has 1 amide bonds. The summed E-state index contributed by atoms with van der Waals surface area (Å²) in [5.74, 6) is -1.58. The van der Waals surface area contributed by atoms with Crippen LogP contribution in [0.2, 0.25) is 0 Å². The fourth-order valence-corrected chi connectivity index (χ4v) is 4.19. The molecule has 0 bridgehead atoms. The van der Waals surface area contributed by atoms with Crippen molar-refractivity contribution < 1.29 is 14.7 Å². The van der Waals surface area contributed by atoms with Crippen molar-refractivity contribution in [2.75, 3.05) is 11.9 Å². The molecule has 0 saturated carbocycles. The van der Waals surface area contributed by atoms with Gasteiger partial charge in [0.05, 0.1) is 0 Å². The van der Waals surface area contributed by atoms with E-state index in [2.05, 4.69) is 46.0 Å². The van der Waals surface area contributed by atoms with Crippen LogP contribution in [0.25, 0.3) is 10.8 Å². The van der Waals surface area contributed by atoms with Crippen LogP contribution in [0.4, 0.5) is 5.69 Å². The lowest BCUT2D eigenvalue weighted by atomic mass is 10.0. The van der Waals surface area contributed by atoms with Crippen molar-refractivity contribution in [3.8, 4) is 0 Å². The number of anilines is 1. The van der Waals surface area contributed by atoms with Crippen LogP contribution in [0.5, 0.6) is 0 Å². The molecule has 0 fully saturated rings. The molecule has 0 aliphatic carbocycles. The molecule has 214 valence electrons. The maximum atomic E-state index is 12.3. The number of carboxylic acid groups (broad SMARTS) is 1. The molecule has 0 radical (unpaired) electrons. The van der Waals surface area contributed by atoms with Crippen LogP contribution in [0.3, 0.4) is 0 Å². The quantitative estimate of drug-likeness (QED) is 0.0907. The Bertz CT molecular complexity index is 1430. The molecule has 9 heteroatoms. The number of rotatable bonds is 11. The molecular weight excluding hydrogens is 516 g/mol. The fraction of sp³-hybridized carbons (Fsp3) is 0.219. The summed E-state index contributed by atoms with van der Waals surface area (Å²) < 4.78 is 0. The molecule has 4 rings (SSSR count). The van der Waals surface area contributed by atoms with Gasteiger partial charge in [-0.05, 0) is 65.9 Å². The second-order valence-electron chi connectivity index (χ2n) is 9.59. The molecule has 4 aromatic rings. The summed E-state index contributed by atoms with van der Waals surface area (Å²) in [7, 11) is 0. The van der Waals surface area contributed by atoms with Gasteiger partial charge < -0.3 is 32.9 Å². The Morgan fingerprint density at radius 2 is 1.54 bits per heavy atom. The van der Waals surface area contributed by atoms with E-state index in [0.717, 1.165) is 11.3 Å². The Kier molecular flexibility index (Phi) is 11.7. The molecule has 0 heterocycles. The number of carboxylic acids is 1. The average Bonchev–Trinajstić information content (AvgIpc) is 2.98. The SMILES string of the molecule is CC(N)c1cccc2ccccc12.NC(N)=NCCCC(NC(=O)c1ccc(NCc2ccccc2)cc1)C(=O)O. The molecule has 0 spiro atoms. The van der Waals surface area contributed by atoms with Gasteiger partial charge in [0, 0.05) is 30.4 Å². The van der Waals surface area contributed by atoms with Crippen molar-refractivity contribution in [3.63, 3.8) is 0 Å². The Morgan fingerprint density at radius 3 is 2.20 bits per heavy atom. The molecule has 0 aromatic heterocycles. The summed E-state index contributed by atoms with van der Waals surface area (Å²) in [6.45, 7) is 2.99. The van der Waals surface area contributed by atoms with Crippen LogP contribution >= 0.6 is 0 Å². The molecule has 41 heavy (non-hydrogen) atoms. The number of carbonyl (C=O) groups is 2. The number of hydrogen-bond acceptors (Lipinski definition) is 5. The van der Waals surface area contributed by atoms with Gasteiger partial charge in [-0.15, -0.1) is 0 Å². The number of amides is 1. The molecule has 0 aliphatic rings. The minimum atomic E-state index is -1.10. The number of hydrogen-bond donors (Lipinski definition) is 6. The largest absolute Gasteiger partial charge is 0.480 e. The number of guanidine groups is 1. The summed E-state index contributed by atoms with van der Waals surface area (Å²) >= 11 is 0. The number of fused-ring (bicyclic) bond motifs is 1. The summed E-state index contributed by atoms with van der Waals surface area (Å²) in [5, 5.41) is 17.6. The molecular formula is C32H38N6O3. The monoisotopic (exact) mass is 554 g/mol. The van der Waals surface area contributed by atoms with E-state index in [1.165, 1.54) is 16.3 Å². The first-order chi connectivity index (χ1) is 19.7. The van der Waals surface area contributed by atoms with Crippen molar-refractivity contribution in [2.45, 2.75) is 38.4 Å². The lowest BCUT2D eigenvalue weighted by Gasteiger charge is -2.14. The zero-order valence-corrected chi connectivity index (χ0v) is 23.2. The van der Waals surface area contributed by atoms with E-state index < -0.39 is 17.9 Å². The van der Waals surface area contributed by atoms with E-state index in [-0.39, 0.29) is 18.4 Å². The third kappa shape index (κ3) is 9.98. The van der Waals surface area contributed by atoms with Gasteiger partial charge in [0.15, 0.2) is 5.96 Å². The van der Waals surface area contributed by atoms with E-state index >= 15 is 0 Å². The van der Waals surface area contributed by atoms with Crippen molar-refractivity contribution in [1.29, 1.82) is 0 Å². The number of aliphatic imine (C=N–C) groups is 1. The van der Waals surface area contributed by atoms with Crippen molar-refractivity contribution >= 4 is 34.3 Å². The number of nitrogens with two attached hydrogens (primary N) is 3. The zero-order chi connectivity index (χ0) is 29.6. The number of benzene rings is 4. The fourth-order valence-electron chi connectivity index (χ4n) is 4.19. The predicted molar refractivity (Wildman–Crippen MR) is 166 cm³/mol. The van der Waals surface area contributed by atoms with Crippen LogP contribution in [-0.4, -0.2) is 35.5 Å². The zero-order valence-electron chi connectivity index (χ0n) is 23.2. The first kappa shape index (κ1) is 30.6. The van der Waals surface area contributed by atoms with Gasteiger partial charge in [-0.25, -0.2) is 4.79 Å². The van der Waals surface area contributed by atoms with Crippen molar-refractivity contribution in [3.05, 3.63) is 114 Å². The standard InChI is InChI=1S/C20H25N5O3.C12H13N/c21-20(22)23-12-4-7-17(19(27)28)25-18(26)15-8-10-16(11-9-15)24-13-14-5-2-1-3-6-14;1-9(13)11-8-4-6-10-5-2-3-7-12(10)11/h1-3,5-6,8-11,17,24H,4,7,12-13H2,(H,25,26)(H,27,28)(H4,21,22,23);2-9H,13H2,1H3. The Labute approximate surface area is 240 Å². The molecule has 0 saturated heterocycles. The minimum absolute atomic E-state index is 0.0446. The number of aliphatic carboxylic acids is 1. The molecule has 2 unspecified atom stereocenters. The van der Waals surface area contributed by atoms with E-state index in [1.807, 2.05) is 49.4 Å². The van der Waals surface area contributed by atoms with E-state index in [1.54, 1.807) is 24.3 Å². The minimum Gasteiger partial charge on any atom is -0.480 e. The molecule has 9 N–H and O–H groups in total. The Morgan fingerprint density at radius 1 is 0.878 bits per heavy atom. The molecule has 0 aliphatic heterocycles. The third-order valence-corrected chi connectivity index (χ3v) is 6.35. The Hall–Kier alpha value is -4.89. The number of nitrogens with one attached hydrogen (secondary N) is 2. The second kappa shape index (κ2) is 15.6. The van der Waals surface area contributed by atoms with Crippen molar-refractivity contribution in [2.24, 2.45) is 22.2 Å². The number of carbonyl (C=O) groups excluding carboxylic acids is 1. The summed E-state index contributed by atoms with van der Waals surface area (Å²) in [5.41, 5.74) is 20.0. The maximum Gasteiger partial charge on any atom is 0.326 e. The highest BCUT2D eigenvalue weighted by Gasteiger charge is 2.20. The van der Waals surface area contributed by atoms with Gasteiger partial charge in [-0.1, -0.05) is 72.8 Å². The second-order valence-corrected chi connectivity index (χ2v) is 9.59. The summed E-state index contributed by atoms with van der Waals surface area (Å²) in [4.78, 5) is 27.5. The molecule has 4 aromatic carbocycles. The average molecular weight is 555 g/mol. The third-order valence-electron chi connectivity index (χ3n) is 6.35. The highest BCUT2D eigenvalue weighted by molar-refractivity contribution is 5.96. The van der Waals surface area contributed by atoms with Gasteiger partial charge in [0.25, 0.3) is 5.91 Å². The normalized spacial score (nSPS) is 11.9. The molecule has 2 atom stereocenters. The van der Waals surface area contributed by atoms with Crippen LogP contribution in [0, 0.1) is 0 Å². The summed E-state index contributed by atoms with van der Waals surface area (Å²) in [6, 6.07) is 30.5. The predicted octanol–water partition coefficient (Wildman–Crippen LogP) is 4.39. The summed E-state index contributed by atoms with van der Waals surface area (Å²) in [6.07, 6.45) is 0.673. The first-order valence-electron chi connectivity index (χ1n) is 13.4. The topological polar surface area (TPSA) is 169 Å². The van der Waals surface area contributed by atoms with Crippen LogP contribution in [-0.2, 0) is 11.3 Å². The lowest BCUT2D eigenvalue weighted by molar-refractivity contribution is -0.139. The van der Waals surface area contributed by atoms with Gasteiger partial charge in [0.1, 0.15) is 6.04 Å². The number of nitrogens with zero attached hydrogens (tertiary/aromatic N) is 1. The highest BCUT2D eigenvalue weighted by Crippen LogP contribution is 2.22. The van der Waals surface area contributed by atoms with Crippen molar-refractivity contribution in [1.82, 2.24) is 5.32 Å². The van der Waals surface area contributed by atoms with Crippen LogP contribution < -0.4 is 27.8 Å². The Balaban J connectivity index is 0.000000294. The van der Waals surface area contributed by atoms with Gasteiger partial charge in [0.2, 0.25) is 0 Å². The van der Waals surface area contributed by atoms with Crippen LogP contribution in [0.15, 0.2) is 102 Å². The van der Waals surface area contributed by atoms with E-state index in [4.69, 9.17) is 17.2 Å². The van der Waals surface area contributed by atoms with Crippen LogP contribution in [0.1, 0.15) is 47.3 Å². The molecule has 9 nitrogen and oxygen atoms in total. The van der Waals surface area contributed by atoms with E-state index in [0.29, 0.717) is 25.1 Å². The lowest BCUT2D eigenvalue weighted by Crippen LogP contribution is -2.40. The maximum absolute atomic E-state index is 12.3. The first-order valence-corrected chi connectivity index (χ1v) is 13.4.